The van der Waals surface area contributed by atoms with Gasteiger partial charge in [-0.05, 0) is 68.7 Å². The molecular formula is C42H44N4O5. The largest absolute Gasteiger partial charge is 0.497 e. The lowest BCUT2D eigenvalue weighted by atomic mass is 9.72. The Morgan fingerprint density at radius 1 is 1.10 bits per heavy atom. The molecule has 9 nitrogen and oxygen atoms in total. The molecule has 2 aromatic carbocycles. The van der Waals surface area contributed by atoms with Crippen molar-refractivity contribution in [3.05, 3.63) is 101 Å². The van der Waals surface area contributed by atoms with Gasteiger partial charge in [0.1, 0.15) is 6.10 Å². The van der Waals surface area contributed by atoms with Gasteiger partial charge >= 0.3 is 11.9 Å². The van der Waals surface area contributed by atoms with E-state index in [1.165, 1.54) is 42.0 Å². The molecule has 0 saturated carbocycles. The average Bonchev–Trinajstić information content (AvgIpc) is 3.75. The average molecular weight is 685 g/mol. The lowest BCUT2D eigenvalue weighted by Crippen LogP contribution is -2.45. The van der Waals surface area contributed by atoms with Gasteiger partial charge in [-0.15, -0.1) is 0 Å². The Morgan fingerprint density at radius 3 is 2.71 bits per heavy atom. The van der Waals surface area contributed by atoms with Crippen molar-refractivity contribution in [1.82, 2.24) is 19.4 Å². The number of piperidine rings is 1. The number of rotatable bonds is 5. The van der Waals surface area contributed by atoms with Crippen LogP contribution in [-0.4, -0.2) is 64.8 Å². The van der Waals surface area contributed by atoms with Crippen molar-refractivity contribution >= 4 is 33.7 Å². The molecule has 6 aliphatic heterocycles. The molecular weight excluding hydrogens is 640 g/mol. The molecule has 6 atom stereocenters. The summed E-state index contributed by atoms with van der Waals surface area (Å²) in [5.41, 5.74) is 10.9. The summed E-state index contributed by atoms with van der Waals surface area (Å²) in [6, 6.07) is 17.1. The van der Waals surface area contributed by atoms with Crippen molar-refractivity contribution in [2.45, 2.75) is 58.2 Å². The SMILES string of the molecule is C/C=C1\CN2CCc3c([nH]c4ccccc34)C2CC1C(Cc1cn2c(c3nc4ccccc4c1-3)CC1C(C(=O)OC)=COC(C)C1C2)C(=O)OC. The molecule has 0 spiro atoms. The highest BCUT2D eigenvalue weighted by Gasteiger charge is 2.45. The number of aromatic amines is 1. The van der Waals surface area contributed by atoms with E-state index in [1.54, 1.807) is 6.26 Å². The molecule has 51 heavy (non-hydrogen) atoms. The number of benzene rings is 2. The summed E-state index contributed by atoms with van der Waals surface area (Å²) >= 11 is 0. The van der Waals surface area contributed by atoms with E-state index < -0.39 is 0 Å². The van der Waals surface area contributed by atoms with E-state index in [0.29, 0.717) is 25.0 Å². The van der Waals surface area contributed by atoms with E-state index in [0.717, 1.165) is 59.3 Å². The molecule has 3 aromatic rings. The molecule has 9 rings (SSSR count). The van der Waals surface area contributed by atoms with Gasteiger partial charge in [0.15, 0.2) is 0 Å². The number of nitrogens with zero attached hydrogens (tertiary/aromatic N) is 3. The lowest BCUT2D eigenvalue weighted by molar-refractivity contribution is -0.147. The summed E-state index contributed by atoms with van der Waals surface area (Å²) < 4.78 is 19.1. The van der Waals surface area contributed by atoms with Crippen molar-refractivity contribution in [1.29, 1.82) is 0 Å². The lowest BCUT2D eigenvalue weighted by Gasteiger charge is -2.45. The fourth-order valence-corrected chi connectivity index (χ4v) is 9.91. The second-order valence-electron chi connectivity index (χ2n) is 14.8. The number of fused-ring (bicyclic) bond motifs is 11. The number of pyridine rings is 1. The number of carbonyl (C=O) groups is 2. The molecule has 262 valence electrons. The molecule has 1 aromatic heterocycles. The van der Waals surface area contributed by atoms with Gasteiger partial charge in [-0.1, -0.05) is 48.0 Å². The summed E-state index contributed by atoms with van der Waals surface area (Å²) in [5.74, 6) is -0.842. The summed E-state index contributed by atoms with van der Waals surface area (Å²) in [6.07, 6.45) is 9.04. The Kier molecular flexibility index (Phi) is 7.80. The predicted molar refractivity (Wildman–Crippen MR) is 195 cm³/mol. The minimum Gasteiger partial charge on any atom is -0.497 e. The van der Waals surface area contributed by atoms with Crippen LogP contribution in [0.25, 0.3) is 33.1 Å². The van der Waals surface area contributed by atoms with Gasteiger partial charge in [-0.25, -0.2) is 9.78 Å². The first-order chi connectivity index (χ1) is 24.9. The van der Waals surface area contributed by atoms with Crippen LogP contribution in [0.15, 0.2) is 78.2 Å². The maximum absolute atomic E-state index is 14.0. The second-order valence-corrected chi connectivity index (χ2v) is 14.8. The zero-order valence-electron chi connectivity index (χ0n) is 29.6. The summed E-state index contributed by atoms with van der Waals surface area (Å²) in [7, 11) is 2.94. The number of hydrogen-bond donors (Lipinski definition) is 1. The number of nitrogens with one attached hydrogen (secondary N) is 1. The van der Waals surface area contributed by atoms with Crippen LogP contribution in [0, 0.1) is 23.7 Å². The molecule has 0 aliphatic carbocycles. The summed E-state index contributed by atoms with van der Waals surface area (Å²) in [5, 5.41) is 2.39. The zero-order chi connectivity index (χ0) is 35.0. The minimum atomic E-state index is -0.379. The fourth-order valence-electron chi connectivity index (χ4n) is 9.91. The van der Waals surface area contributed by atoms with Gasteiger partial charge in [0, 0.05) is 70.9 Å². The highest BCUT2D eigenvalue weighted by atomic mass is 16.5. The monoisotopic (exact) mass is 684 g/mol. The van der Waals surface area contributed by atoms with Crippen LogP contribution in [0.2, 0.25) is 0 Å². The molecule has 7 heterocycles. The molecule has 9 heteroatoms. The number of aromatic nitrogens is 3. The van der Waals surface area contributed by atoms with Crippen molar-refractivity contribution in [2.24, 2.45) is 23.7 Å². The maximum Gasteiger partial charge on any atom is 0.337 e. The Balaban J connectivity index is 1.14. The van der Waals surface area contributed by atoms with Gasteiger partial charge in [-0.3, -0.25) is 9.69 Å². The van der Waals surface area contributed by atoms with Crippen LogP contribution in [0.5, 0.6) is 0 Å². The maximum atomic E-state index is 14.0. The first kappa shape index (κ1) is 32.0. The van der Waals surface area contributed by atoms with Crippen LogP contribution in [0.4, 0.5) is 0 Å². The van der Waals surface area contributed by atoms with Crippen LogP contribution in [-0.2, 0) is 49.6 Å². The number of carbonyl (C=O) groups excluding carboxylic acids is 2. The number of esters is 2. The van der Waals surface area contributed by atoms with Crippen molar-refractivity contribution in [2.75, 3.05) is 27.3 Å². The first-order valence-electron chi connectivity index (χ1n) is 18.3. The predicted octanol–water partition coefficient (Wildman–Crippen LogP) is 6.78. The first-order valence-corrected chi connectivity index (χ1v) is 18.3. The molecule has 6 unspecified atom stereocenters. The Bertz CT molecular complexity index is 2230. The van der Waals surface area contributed by atoms with Crippen molar-refractivity contribution in [3.8, 4) is 11.3 Å². The Morgan fingerprint density at radius 2 is 1.90 bits per heavy atom. The van der Waals surface area contributed by atoms with Crippen molar-refractivity contribution in [3.63, 3.8) is 0 Å². The third kappa shape index (κ3) is 5.03. The highest BCUT2D eigenvalue weighted by molar-refractivity contribution is 6.00. The smallest absolute Gasteiger partial charge is 0.337 e. The van der Waals surface area contributed by atoms with E-state index in [4.69, 9.17) is 19.2 Å². The third-order valence-corrected chi connectivity index (χ3v) is 12.5. The fraction of sp³-hybridized carbons (Fsp3) is 0.405. The molecule has 1 saturated heterocycles. The normalized spacial score (nSPS) is 25.8. The molecule has 0 amide bonds. The third-order valence-electron chi connectivity index (χ3n) is 12.5. The number of ether oxygens (including phenoxy) is 3. The number of methoxy groups -OCH3 is 2. The van der Waals surface area contributed by atoms with Gasteiger partial charge in [0.2, 0.25) is 0 Å². The number of H-pyrrole nitrogens is 1. The van der Waals surface area contributed by atoms with Gasteiger partial charge in [0.05, 0.1) is 49.2 Å². The van der Waals surface area contributed by atoms with Gasteiger partial charge in [0.25, 0.3) is 0 Å². The van der Waals surface area contributed by atoms with Crippen LogP contribution >= 0.6 is 0 Å². The van der Waals surface area contributed by atoms with E-state index in [2.05, 4.69) is 83.0 Å². The highest BCUT2D eigenvalue weighted by Crippen LogP contribution is 2.48. The van der Waals surface area contributed by atoms with Gasteiger partial charge in [-0.2, -0.15) is 0 Å². The number of allylic oxidation sites excluding steroid dienone is 1. The number of para-hydroxylation sites is 2. The zero-order valence-corrected chi connectivity index (χ0v) is 29.6. The van der Waals surface area contributed by atoms with E-state index >= 15 is 0 Å². The minimum absolute atomic E-state index is 0.00947. The van der Waals surface area contributed by atoms with Crippen molar-refractivity contribution < 1.29 is 23.8 Å². The second kappa shape index (κ2) is 12.4. The Hall–Kier alpha value is -4.89. The summed E-state index contributed by atoms with van der Waals surface area (Å²) in [4.78, 5) is 38.5. The van der Waals surface area contributed by atoms with E-state index in [-0.39, 0.29) is 47.8 Å². The molecule has 6 aliphatic rings. The molecule has 1 fully saturated rings. The summed E-state index contributed by atoms with van der Waals surface area (Å²) in [6.45, 7) is 6.69. The van der Waals surface area contributed by atoms with Crippen LogP contribution < -0.4 is 0 Å². The number of hydrogen-bond acceptors (Lipinski definition) is 7. The van der Waals surface area contributed by atoms with E-state index in [9.17, 15) is 9.59 Å². The topological polar surface area (TPSA) is 98.7 Å². The molecule has 0 bridgehead atoms. The van der Waals surface area contributed by atoms with Crippen LogP contribution in [0.3, 0.4) is 0 Å². The van der Waals surface area contributed by atoms with E-state index in [1.807, 2.05) is 6.07 Å². The van der Waals surface area contributed by atoms with Crippen LogP contribution in [0.1, 0.15) is 48.8 Å². The quantitative estimate of drug-likeness (QED) is 0.161. The molecule has 1 N–H and O–H groups in total. The Labute approximate surface area is 297 Å². The standard InChI is InChI=1S/C42H44N4O5/c1-5-24-19-45-15-14-27-26-10-6-8-12-34(26)43-39(27)36(45)17-29(24)31(41(47)49-3)16-25-20-46-21-32-23(2)51-22-33(42(48)50-4)30(32)18-37(46)40-38(25)28-11-7-9-13-35(28)44-40/h5-13,20,22-23,29-32,36,43H,14-19,21H2,1-4H3/b24-5+. The van der Waals surface area contributed by atoms with Gasteiger partial charge < -0.3 is 23.8 Å². The molecule has 0 radical (unpaired) electrons.